The van der Waals surface area contributed by atoms with Gasteiger partial charge in [0.2, 0.25) is 0 Å². The summed E-state index contributed by atoms with van der Waals surface area (Å²) in [7, 11) is 5.70. The number of hydrogen-bond acceptors (Lipinski definition) is 7. The van der Waals surface area contributed by atoms with Crippen molar-refractivity contribution in [2.24, 2.45) is 0 Å². The Morgan fingerprint density at radius 2 is 2.21 bits per heavy atom. The van der Waals surface area contributed by atoms with Crippen LogP contribution in [0.15, 0.2) is 23.4 Å². The van der Waals surface area contributed by atoms with E-state index in [1.54, 1.807) is 18.5 Å². The molecule has 0 aliphatic rings. The van der Waals surface area contributed by atoms with Crippen molar-refractivity contribution in [3.8, 4) is 0 Å². The minimum Gasteiger partial charge on any atom is -0.375 e. The van der Waals surface area contributed by atoms with E-state index >= 15 is 0 Å². The summed E-state index contributed by atoms with van der Waals surface area (Å²) in [5, 5.41) is 3.07. The first-order valence-corrected chi connectivity index (χ1v) is 9.24. The molecule has 6 nitrogen and oxygen atoms in total. The number of thiazole rings is 1. The fraction of sp³-hybridized carbons (Fsp3) is 0.286. The van der Waals surface area contributed by atoms with E-state index in [0.717, 1.165) is 33.6 Å². The molecule has 2 aromatic heterocycles. The predicted molar refractivity (Wildman–Crippen MR) is 105 cm³/mol. The van der Waals surface area contributed by atoms with Crippen LogP contribution in [-0.2, 0) is 0 Å². The fourth-order valence-electron chi connectivity index (χ4n) is 1.90. The first kappa shape index (κ1) is 18.7. The van der Waals surface area contributed by atoms with Gasteiger partial charge in [-0.05, 0) is 19.9 Å². The van der Waals surface area contributed by atoms with E-state index in [1.807, 2.05) is 13.8 Å². The van der Waals surface area contributed by atoms with E-state index in [0.29, 0.717) is 5.69 Å². The molecule has 2 aromatic rings. The molecule has 24 heavy (non-hydrogen) atoms. The standard InChI is InChI=1S/C14H16BN5OS3/c1-3-20(4-2)14(22)23-9-7-17-6-5-8(9)18-12(21)10-11(15)19-13(16)24-10/h5-7H,3-4H2,1-2H3,(H2,16,19)(H,17,18,21). The SMILES string of the molecule is [B]c1nc(N)sc1C(=O)Nc1ccncc1SC(=S)N(CC)CC. The molecule has 0 saturated heterocycles. The Labute approximate surface area is 155 Å². The third-order valence-corrected chi connectivity index (χ3v) is 5.51. The van der Waals surface area contributed by atoms with Gasteiger partial charge in [0.1, 0.15) is 17.0 Å². The Hall–Kier alpha value is -1.65. The quantitative estimate of drug-likeness (QED) is 0.468. The second kappa shape index (κ2) is 8.45. The Balaban J connectivity index is 2.18. The average molecular weight is 377 g/mol. The van der Waals surface area contributed by atoms with Crippen LogP contribution in [-0.4, -0.2) is 46.0 Å². The Kier molecular flexibility index (Phi) is 6.58. The number of carbonyl (C=O) groups excluding carboxylic acids is 1. The largest absolute Gasteiger partial charge is 0.375 e. The van der Waals surface area contributed by atoms with E-state index in [2.05, 4.69) is 20.2 Å². The molecule has 0 saturated carbocycles. The summed E-state index contributed by atoms with van der Waals surface area (Å²) < 4.78 is 0.727. The van der Waals surface area contributed by atoms with Crippen molar-refractivity contribution in [1.82, 2.24) is 14.9 Å². The number of anilines is 2. The highest BCUT2D eigenvalue weighted by atomic mass is 32.2. The number of nitrogens with two attached hydrogens (primary N) is 1. The second-order valence-electron chi connectivity index (χ2n) is 4.63. The number of nitrogens with one attached hydrogen (secondary N) is 1. The minimum absolute atomic E-state index is 0.122. The Morgan fingerprint density at radius 3 is 2.79 bits per heavy atom. The van der Waals surface area contributed by atoms with E-state index in [1.165, 1.54) is 11.8 Å². The summed E-state index contributed by atoms with van der Waals surface area (Å²) in [5.74, 6) is -0.358. The number of nitrogens with zero attached hydrogens (tertiary/aromatic N) is 3. The molecule has 2 heterocycles. The molecule has 0 aliphatic heterocycles. The number of pyridine rings is 1. The molecular formula is C14H16BN5OS3. The zero-order valence-corrected chi connectivity index (χ0v) is 15.7. The van der Waals surface area contributed by atoms with Crippen molar-refractivity contribution >= 4 is 69.8 Å². The lowest BCUT2D eigenvalue weighted by Gasteiger charge is -2.21. The van der Waals surface area contributed by atoms with Gasteiger partial charge in [0.05, 0.1) is 10.6 Å². The van der Waals surface area contributed by atoms with Crippen LogP contribution in [0.1, 0.15) is 23.5 Å². The second-order valence-corrected chi connectivity index (χ2v) is 7.34. The molecule has 2 radical (unpaired) electrons. The smallest absolute Gasteiger partial charge is 0.266 e. The molecule has 0 bridgehead atoms. The van der Waals surface area contributed by atoms with Gasteiger partial charge in [-0.15, -0.1) is 0 Å². The van der Waals surface area contributed by atoms with Gasteiger partial charge in [-0.2, -0.15) is 0 Å². The highest BCUT2D eigenvalue weighted by Gasteiger charge is 2.17. The van der Waals surface area contributed by atoms with Crippen LogP contribution in [0, 0.1) is 0 Å². The predicted octanol–water partition coefficient (Wildman–Crippen LogP) is 1.89. The van der Waals surface area contributed by atoms with Crippen LogP contribution in [0.25, 0.3) is 0 Å². The molecule has 124 valence electrons. The van der Waals surface area contributed by atoms with Gasteiger partial charge >= 0.3 is 0 Å². The van der Waals surface area contributed by atoms with Crippen LogP contribution in [0.3, 0.4) is 0 Å². The first-order chi connectivity index (χ1) is 11.5. The van der Waals surface area contributed by atoms with Crippen molar-refractivity contribution in [2.75, 3.05) is 24.1 Å². The normalized spacial score (nSPS) is 10.4. The van der Waals surface area contributed by atoms with Gasteiger partial charge in [-0.3, -0.25) is 9.78 Å². The van der Waals surface area contributed by atoms with Crippen molar-refractivity contribution in [1.29, 1.82) is 0 Å². The molecule has 0 atom stereocenters. The van der Waals surface area contributed by atoms with Crippen molar-refractivity contribution in [3.05, 3.63) is 23.3 Å². The topological polar surface area (TPSA) is 84.1 Å². The first-order valence-electron chi connectivity index (χ1n) is 7.20. The molecule has 0 spiro atoms. The lowest BCUT2D eigenvalue weighted by molar-refractivity contribution is 0.103. The summed E-state index contributed by atoms with van der Waals surface area (Å²) in [6.07, 6.45) is 3.27. The van der Waals surface area contributed by atoms with Gasteiger partial charge in [0.25, 0.3) is 5.91 Å². The van der Waals surface area contributed by atoms with Crippen LogP contribution >= 0.6 is 35.3 Å². The maximum absolute atomic E-state index is 12.4. The van der Waals surface area contributed by atoms with Gasteiger partial charge < -0.3 is 16.0 Å². The summed E-state index contributed by atoms with van der Waals surface area (Å²) in [4.78, 5) is 23.5. The van der Waals surface area contributed by atoms with Crippen molar-refractivity contribution in [2.45, 2.75) is 18.7 Å². The fourth-order valence-corrected chi connectivity index (χ4v) is 3.99. The monoisotopic (exact) mass is 377 g/mol. The van der Waals surface area contributed by atoms with Crippen molar-refractivity contribution in [3.63, 3.8) is 0 Å². The summed E-state index contributed by atoms with van der Waals surface area (Å²) >= 11 is 7.88. The van der Waals surface area contributed by atoms with Gasteiger partial charge in [-0.1, -0.05) is 35.3 Å². The molecule has 0 aliphatic carbocycles. The lowest BCUT2D eigenvalue weighted by atomic mass is 10.0. The van der Waals surface area contributed by atoms with E-state index in [4.69, 9.17) is 25.8 Å². The summed E-state index contributed by atoms with van der Waals surface area (Å²) in [6, 6.07) is 1.71. The molecular weight excluding hydrogens is 361 g/mol. The van der Waals surface area contributed by atoms with Crippen LogP contribution in [0.5, 0.6) is 0 Å². The van der Waals surface area contributed by atoms with Gasteiger partial charge in [0, 0.05) is 31.1 Å². The van der Waals surface area contributed by atoms with Crippen molar-refractivity contribution < 1.29 is 4.79 Å². The molecule has 0 unspecified atom stereocenters. The number of hydrogen-bond donors (Lipinski definition) is 2. The maximum Gasteiger partial charge on any atom is 0.266 e. The van der Waals surface area contributed by atoms with Crippen LogP contribution in [0.2, 0.25) is 0 Å². The number of thioether (sulfide) groups is 1. The average Bonchev–Trinajstić information content (AvgIpc) is 2.89. The number of carbonyl (C=O) groups is 1. The number of nitrogen functional groups attached to an aromatic ring is 1. The molecule has 0 aromatic carbocycles. The lowest BCUT2D eigenvalue weighted by Crippen LogP contribution is -2.26. The third-order valence-electron chi connectivity index (χ3n) is 3.13. The van der Waals surface area contributed by atoms with E-state index < -0.39 is 0 Å². The third kappa shape index (κ3) is 4.46. The summed E-state index contributed by atoms with van der Waals surface area (Å²) in [6.45, 7) is 5.72. The highest BCUT2D eigenvalue weighted by Crippen LogP contribution is 2.29. The zero-order chi connectivity index (χ0) is 17.7. The van der Waals surface area contributed by atoms with Crippen LogP contribution < -0.4 is 16.6 Å². The van der Waals surface area contributed by atoms with Crippen LogP contribution in [0.4, 0.5) is 10.8 Å². The number of amides is 1. The molecule has 10 heteroatoms. The number of aromatic nitrogens is 2. The van der Waals surface area contributed by atoms with Gasteiger partial charge in [0.15, 0.2) is 5.13 Å². The Bertz CT molecular complexity index is 748. The Morgan fingerprint density at radius 1 is 1.50 bits per heavy atom. The van der Waals surface area contributed by atoms with E-state index in [-0.39, 0.29) is 21.5 Å². The summed E-state index contributed by atoms with van der Waals surface area (Å²) in [5.41, 5.74) is 6.32. The highest BCUT2D eigenvalue weighted by molar-refractivity contribution is 8.23. The minimum atomic E-state index is -0.358. The number of rotatable bonds is 5. The molecule has 2 rings (SSSR count). The van der Waals surface area contributed by atoms with E-state index in [9.17, 15) is 4.79 Å². The van der Waals surface area contributed by atoms with Gasteiger partial charge in [-0.25, -0.2) is 4.98 Å². The molecule has 1 amide bonds. The molecule has 0 fully saturated rings. The number of thiocarbonyl (C=S) groups is 1. The maximum atomic E-state index is 12.4. The zero-order valence-electron chi connectivity index (χ0n) is 13.3. The molecule has 3 N–H and O–H groups in total.